The molecule has 0 aromatic rings. The molecule has 1 amide bonds. The van der Waals surface area contributed by atoms with Crippen LogP contribution in [0.25, 0.3) is 0 Å². The lowest BCUT2D eigenvalue weighted by atomic mass is 10.0. The number of carbonyl (C=O) groups excluding carboxylic acids is 1. The van der Waals surface area contributed by atoms with Crippen molar-refractivity contribution in [2.24, 2.45) is 11.8 Å². The fourth-order valence-electron chi connectivity index (χ4n) is 1.22. The normalized spacial score (nSPS) is 18.3. The maximum absolute atomic E-state index is 11.5. The van der Waals surface area contributed by atoms with Crippen LogP contribution in [0.15, 0.2) is 0 Å². The summed E-state index contributed by atoms with van der Waals surface area (Å²) in [4.78, 5) is 27.4. The Bertz CT molecular complexity index is 265. The van der Waals surface area contributed by atoms with Gasteiger partial charge in [0.05, 0.1) is 5.60 Å². The lowest BCUT2D eigenvalue weighted by Crippen LogP contribution is -2.40. The largest absolute Gasteiger partial charge is 0.481 e. The molecule has 1 fully saturated rings. The number of hydrogen-bond acceptors (Lipinski definition) is 3. The van der Waals surface area contributed by atoms with Gasteiger partial charge in [0.15, 0.2) is 0 Å². The smallest absolute Gasteiger partial charge is 0.316 e. The van der Waals surface area contributed by atoms with Crippen LogP contribution >= 0.6 is 0 Å². The molecule has 86 valence electrons. The van der Waals surface area contributed by atoms with Crippen molar-refractivity contribution in [3.05, 3.63) is 0 Å². The maximum atomic E-state index is 11.5. The molecule has 0 radical (unpaired) electrons. The van der Waals surface area contributed by atoms with Crippen LogP contribution in [-0.2, 0) is 14.4 Å². The van der Waals surface area contributed by atoms with Gasteiger partial charge in [0.1, 0.15) is 5.92 Å². The molecule has 1 atom stereocenters. The number of hydrogen-bond donors (Lipinski definition) is 2. The van der Waals surface area contributed by atoms with Gasteiger partial charge in [-0.3, -0.25) is 14.4 Å². The van der Waals surface area contributed by atoms with E-state index in [1.54, 1.807) is 20.8 Å². The molecule has 1 rings (SSSR count). The van der Waals surface area contributed by atoms with Crippen molar-refractivity contribution < 1.29 is 19.5 Å². The highest BCUT2D eigenvalue weighted by molar-refractivity contribution is 5.97. The quantitative estimate of drug-likeness (QED) is 0.540. The third-order valence-electron chi connectivity index (χ3n) is 2.10. The summed E-state index contributed by atoms with van der Waals surface area (Å²) in [5.74, 6) is -2.62. The van der Waals surface area contributed by atoms with Crippen LogP contribution in [0.5, 0.6) is 0 Å². The molecule has 1 saturated carbocycles. The molecule has 0 aliphatic heterocycles. The minimum absolute atomic E-state index is 0.0222. The van der Waals surface area contributed by atoms with Crippen LogP contribution in [0, 0.1) is 11.8 Å². The van der Waals surface area contributed by atoms with Gasteiger partial charge < -0.3 is 5.11 Å². The fourth-order valence-corrected chi connectivity index (χ4v) is 1.22. The molecule has 0 aromatic heterocycles. The molecular formula is C10H17NO4. The highest BCUT2D eigenvalue weighted by Crippen LogP contribution is 2.37. The van der Waals surface area contributed by atoms with Crippen LogP contribution in [0.1, 0.15) is 33.6 Å². The summed E-state index contributed by atoms with van der Waals surface area (Å²) in [5.41, 5.74) is 1.69. The number of carboxylic acids is 1. The number of hydroxylamine groups is 1. The molecule has 1 aliphatic carbocycles. The van der Waals surface area contributed by atoms with E-state index in [4.69, 9.17) is 9.94 Å². The number of rotatable bonds is 4. The zero-order valence-electron chi connectivity index (χ0n) is 9.24. The lowest BCUT2D eigenvalue weighted by molar-refractivity contribution is -0.159. The van der Waals surface area contributed by atoms with Crippen molar-refractivity contribution in [3.63, 3.8) is 0 Å². The van der Waals surface area contributed by atoms with Crippen LogP contribution in [0.4, 0.5) is 0 Å². The minimum Gasteiger partial charge on any atom is -0.481 e. The van der Waals surface area contributed by atoms with E-state index in [0.717, 1.165) is 12.8 Å². The first-order chi connectivity index (χ1) is 6.81. The topological polar surface area (TPSA) is 75.6 Å². The van der Waals surface area contributed by atoms with Gasteiger partial charge in [0.25, 0.3) is 5.91 Å². The summed E-state index contributed by atoms with van der Waals surface area (Å²) in [6.07, 6.45) is 1.61. The molecule has 1 aliphatic rings. The average molecular weight is 215 g/mol. The minimum atomic E-state index is -1.08. The molecule has 0 spiro atoms. The van der Waals surface area contributed by atoms with Gasteiger partial charge in [-0.15, -0.1) is 0 Å². The Morgan fingerprint density at radius 2 is 1.93 bits per heavy atom. The zero-order chi connectivity index (χ0) is 11.6. The van der Waals surface area contributed by atoms with Crippen molar-refractivity contribution in [1.82, 2.24) is 5.48 Å². The predicted octanol–water partition coefficient (Wildman–Crippen LogP) is 0.943. The summed E-state index contributed by atoms with van der Waals surface area (Å²) in [6, 6.07) is 0. The van der Waals surface area contributed by atoms with Crippen molar-refractivity contribution in [3.8, 4) is 0 Å². The summed E-state index contributed by atoms with van der Waals surface area (Å²) < 4.78 is 0. The standard InChI is InChI=1S/C10H17NO4/c1-10(2,3)15-11-8(12)7(9(13)14)6-4-5-6/h6-7H,4-5H2,1-3H3,(H,11,12)(H,13,14)/t7-/m0/s1. The molecule has 0 saturated heterocycles. The van der Waals surface area contributed by atoms with E-state index in [1.807, 2.05) is 0 Å². The summed E-state index contributed by atoms with van der Waals surface area (Å²) in [6.45, 7) is 5.33. The zero-order valence-corrected chi connectivity index (χ0v) is 9.24. The van der Waals surface area contributed by atoms with Gasteiger partial charge in [0, 0.05) is 0 Å². The fraction of sp³-hybridized carbons (Fsp3) is 0.800. The van der Waals surface area contributed by atoms with Crippen molar-refractivity contribution in [1.29, 1.82) is 0 Å². The van der Waals surface area contributed by atoms with Gasteiger partial charge >= 0.3 is 5.97 Å². The Hall–Kier alpha value is -1.10. The lowest BCUT2D eigenvalue weighted by Gasteiger charge is -2.20. The number of carbonyl (C=O) groups is 2. The van der Waals surface area contributed by atoms with E-state index >= 15 is 0 Å². The molecule has 15 heavy (non-hydrogen) atoms. The number of carboxylic acid groups (broad SMARTS) is 1. The summed E-state index contributed by atoms with van der Waals surface area (Å²) >= 11 is 0. The predicted molar refractivity (Wildman–Crippen MR) is 52.8 cm³/mol. The number of amides is 1. The molecule has 5 heteroatoms. The monoisotopic (exact) mass is 215 g/mol. The highest BCUT2D eigenvalue weighted by Gasteiger charge is 2.41. The molecule has 5 nitrogen and oxygen atoms in total. The summed E-state index contributed by atoms with van der Waals surface area (Å²) in [7, 11) is 0. The molecule has 0 bridgehead atoms. The van der Waals surface area contributed by atoms with Gasteiger partial charge in [-0.2, -0.15) is 0 Å². The van der Waals surface area contributed by atoms with Crippen molar-refractivity contribution in [2.45, 2.75) is 39.2 Å². The first-order valence-electron chi connectivity index (χ1n) is 5.02. The van der Waals surface area contributed by atoms with E-state index in [2.05, 4.69) is 5.48 Å². The first kappa shape index (κ1) is 12.0. The highest BCUT2D eigenvalue weighted by atomic mass is 16.7. The van der Waals surface area contributed by atoms with Crippen LogP contribution in [-0.4, -0.2) is 22.6 Å². The third kappa shape index (κ3) is 3.87. The molecule has 2 N–H and O–H groups in total. The second-order valence-corrected chi connectivity index (χ2v) is 4.83. The number of nitrogens with one attached hydrogen (secondary N) is 1. The van der Waals surface area contributed by atoms with Crippen molar-refractivity contribution >= 4 is 11.9 Å². The Labute approximate surface area is 88.8 Å². The Balaban J connectivity index is 2.46. The van der Waals surface area contributed by atoms with Gasteiger partial charge in [-0.25, -0.2) is 5.48 Å². The first-order valence-corrected chi connectivity index (χ1v) is 5.02. The summed E-state index contributed by atoms with van der Waals surface area (Å²) in [5, 5.41) is 8.87. The molecule has 0 aromatic carbocycles. The van der Waals surface area contributed by atoms with E-state index in [0.29, 0.717) is 0 Å². The second kappa shape index (κ2) is 4.18. The van der Waals surface area contributed by atoms with Crippen LogP contribution < -0.4 is 5.48 Å². The van der Waals surface area contributed by atoms with Gasteiger partial charge in [-0.1, -0.05) is 0 Å². The Morgan fingerprint density at radius 3 is 2.27 bits per heavy atom. The number of aliphatic carboxylic acids is 1. The van der Waals surface area contributed by atoms with Crippen LogP contribution in [0.2, 0.25) is 0 Å². The Morgan fingerprint density at radius 1 is 1.40 bits per heavy atom. The second-order valence-electron chi connectivity index (χ2n) is 4.83. The van der Waals surface area contributed by atoms with E-state index in [9.17, 15) is 9.59 Å². The van der Waals surface area contributed by atoms with E-state index in [-0.39, 0.29) is 5.92 Å². The van der Waals surface area contributed by atoms with Gasteiger partial charge in [-0.05, 0) is 39.5 Å². The van der Waals surface area contributed by atoms with E-state index in [1.165, 1.54) is 0 Å². The van der Waals surface area contributed by atoms with Gasteiger partial charge in [0.2, 0.25) is 0 Å². The third-order valence-corrected chi connectivity index (χ3v) is 2.10. The van der Waals surface area contributed by atoms with E-state index < -0.39 is 23.4 Å². The van der Waals surface area contributed by atoms with Crippen LogP contribution in [0.3, 0.4) is 0 Å². The molecule has 0 unspecified atom stereocenters. The molecule has 0 heterocycles. The molecular weight excluding hydrogens is 198 g/mol. The average Bonchev–Trinajstić information content (AvgIpc) is 2.83. The Kier molecular flexibility index (Phi) is 3.34. The van der Waals surface area contributed by atoms with Crippen molar-refractivity contribution in [2.75, 3.05) is 0 Å². The maximum Gasteiger partial charge on any atom is 0.316 e. The SMILES string of the molecule is CC(C)(C)ONC(=O)[C@@H](C(=O)O)C1CC1.